The lowest BCUT2D eigenvalue weighted by molar-refractivity contribution is 0.669. The lowest BCUT2D eigenvalue weighted by Crippen LogP contribution is -2.00. The van der Waals surface area contributed by atoms with Crippen LogP contribution in [0.3, 0.4) is 0 Å². The number of benzene rings is 9. The van der Waals surface area contributed by atoms with Gasteiger partial charge in [-0.15, -0.1) is 0 Å². The maximum atomic E-state index is 6.61. The van der Waals surface area contributed by atoms with Crippen molar-refractivity contribution >= 4 is 43.7 Å². The summed E-state index contributed by atoms with van der Waals surface area (Å²) in [4.78, 5) is 15.1. The molecule has 0 aliphatic rings. The molecular formula is C57H36N4O. The quantitative estimate of drug-likeness (QED) is 0.161. The fraction of sp³-hybridized carbons (Fsp3) is 0. The summed E-state index contributed by atoms with van der Waals surface area (Å²) in [7, 11) is 0. The van der Waals surface area contributed by atoms with Crippen molar-refractivity contribution in [2.24, 2.45) is 0 Å². The standard InChI is InChI=1S/C57H36N4O/c1-5-14-37(15-6-1)41-22-13-23-44(32-41)56-58-55(40-20-11-4-12-21-40)59-57(60-56)45-24-28-47-50-36-46(27-31-53(50)62-54(47)35-45)61-51-29-25-42(38-16-7-2-8-17-38)33-48(51)49-34-43(26-30-52(49)61)39-18-9-3-10-19-39/h1-36H. The van der Waals surface area contributed by atoms with Crippen molar-refractivity contribution in [2.75, 3.05) is 0 Å². The molecule has 0 fully saturated rings. The second-order valence-electron chi connectivity index (χ2n) is 15.6. The first kappa shape index (κ1) is 35.5. The number of aromatic nitrogens is 4. The van der Waals surface area contributed by atoms with Crippen LogP contribution >= 0.6 is 0 Å². The van der Waals surface area contributed by atoms with E-state index in [2.05, 4.69) is 187 Å². The SMILES string of the molecule is c1ccc(-c2cccc(-c3nc(-c4ccccc4)nc(-c4ccc5c(c4)oc4ccc(-n6c7ccc(-c8ccccc8)cc7c7cc(-c8ccccc8)ccc76)cc45)n3)c2)cc1. The van der Waals surface area contributed by atoms with Crippen molar-refractivity contribution in [1.29, 1.82) is 0 Å². The maximum Gasteiger partial charge on any atom is 0.164 e. The van der Waals surface area contributed by atoms with Gasteiger partial charge in [-0.05, 0) is 94.0 Å². The van der Waals surface area contributed by atoms with Gasteiger partial charge in [0, 0.05) is 43.9 Å². The van der Waals surface area contributed by atoms with Gasteiger partial charge >= 0.3 is 0 Å². The molecule has 9 aromatic carbocycles. The van der Waals surface area contributed by atoms with Crippen molar-refractivity contribution in [2.45, 2.75) is 0 Å². The van der Waals surface area contributed by atoms with Crippen molar-refractivity contribution in [3.8, 4) is 73.2 Å². The van der Waals surface area contributed by atoms with Gasteiger partial charge in [-0.3, -0.25) is 0 Å². The highest BCUT2D eigenvalue weighted by Gasteiger charge is 2.18. The van der Waals surface area contributed by atoms with Crippen LogP contribution in [0.4, 0.5) is 0 Å². The second-order valence-corrected chi connectivity index (χ2v) is 15.6. The number of hydrogen-bond acceptors (Lipinski definition) is 4. The lowest BCUT2D eigenvalue weighted by atomic mass is 10.0. The highest BCUT2D eigenvalue weighted by atomic mass is 16.3. The van der Waals surface area contributed by atoms with Crippen molar-refractivity contribution in [3.63, 3.8) is 0 Å². The molecule has 0 N–H and O–H groups in total. The topological polar surface area (TPSA) is 56.7 Å². The zero-order chi connectivity index (χ0) is 41.0. The van der Waals surface area contributed by atoms with Crippen LogP contribution in [0.1, 0.15) is 0 Å². The number of nitrogens with zero attached hydrogens (tertiary/aromatic N) is 4. The summed E-state index contributed by atoms with van der Waals surface area (Å²) in [5.74, 6) is 1.80. The van der Waals surface area contributed by atoms with Gasteiger partial charge in [0.2, 0.25) is 0 Å². The van der Waals surface area contributed by atoms with E-state index in [1.165, 1.54) is 33.0 Å². The summed E-state index contributed by atoms with van der Waals surface area (Å²) in [5, 5.41) is 4.48. The molecule has 12 aromatic rings. The van der Waals surface area contributed by atoms with Crippen LogP contribution < -0.4 is 0 Å². The molecule has 0 atom stereocenters. The predicted octanol–water partition coefficient (Wildman–Crippen LogP) is 14.9. The van der Waals surface area contributed by atoms with Gasteiger partial charge in [0.05, 0.1) is 11.0 Å². The summed E-state index contributed by atoms with van der Waals surface area (Å²) in [6, 6.07) is 76.5. The van der Waals surface area contributed by atoms with E-state index < -0.39 is 0 Å². The number of rotatable bonds is 7. The fourth-order valence-corrected chi connectivity index (χ4v) is 8.78. The first-order chi connectivity index (χ1) is 30.7. The molecule has 290 valence electrons. The molecule has 0 unspecified atom stereocenters. The zero-order valence-corrected chi connectivity index (χ0v) is 33.5. The van der Waals surface area contributed by atoms with Gasteiger partial charge in [-0.1, -0.05) is 158 Å². The molecule has 5 heteroatoms. The van der Waals surface area contributed by atoms with E-state index in [1.54, 1.807) is 0 Å². The monoisotopic (exact) mass is 792 g/mol. The Bertz CT molecular complexity index is 3520. The van der Waals surface area contributed by atoms with Gasteiger partial charge in [0.25, 0.3) is 0 Å². The Balaban J connectivity index is 0.983. The van der Waals surface area contributed by atoms with E-state index in [-0.39, 0.29) is 0 Å². The minimum absolute atomic E-state index is 0.581. The number of fused-ring (bicyclic) bond motifs is 6. The van der Waals surface area contributed by atoms with Gasteiger partial charge < -0.3 is 8.98 Å². The average Bonchev–Trinajstić information content (AvgIpc) is 3.89. The Morgan fingerprint density at radius 1 is 0.274 bits per heavy atom. The highest BCUT2D eigenvalue weighted by Crippen LogP contribution is 2.40. The zero-order valence-electron chi connectivity index (χ0n) is 33.5. The third-order valence-corrected chi connectivity index (χ3v) is 11.8. The first-order valence-corrected chi connectivity index (χ1v) is 20.8. The summed E-state index contributed by atoms with van der Waals surface area (Å²) in [6.45, 7) is 0. The largest absolute Gasteiger partial charge is 0.456 e. The molecule has 5 nitrogen and oxygen atoms in total. The van der Waals surface area contributed by atoms with Gasteiger partial charge in [-0.2, -0.15) is 0 Å². The number of furan rings is 1. The van der Waals surface area contributed by atoms with Gasteiger partial charge in [0.1, 0.15) is 11.2 Å². The van der Waals surface area contributed by atoms with Crippen LogP contribution in [0.2, 0.25) is 0 Å². The lowest BCUT2D eigenvalue weighted by Gasteiger charge is -2.10. The Kier molecular flexibility index (Phi) is 8.42. The van der Waals surface area contributed by atoms with E-state index in [9.17, 15) is 0 Å². The number of hydrogen-bond donors (Lipinski definition) is 0. The fourth-order valence-electron chi connectivity index (χ4n) is 8.78. The van der Waals surface area contributed by atoms with E-state index in [0.29, 0.717) is 17.5 Å². The van der Waals surface area contributed by atoms with Gasteiger partial charge in [-0.25, -0.2) is 15.0 Å². The molecular weight excluding hydrogens is 757 g/mol. The Morgan fingerprint density at radius 3 is 1.29 bits per heavy atom. The van der Waals surface area contributed by atoms with Crippen molar-refractivity contribution in [3.05, 3.63) is 218 Å². The molecule has 3 heterocycles. The Hall–Kier alpha value is -8.41. The normalized spacial score (nSPS) is 11.5. The second kappa shape index (κ2) is 14.7. The van der Waals surface area contributed by atoms with Gasteiger partial charge in [0.15, 0.2) is 17.5 Å². The van der Waals surface area contributed by atoms with Crippen LogP contribution in [0.5, 0.6) is 0 Å². The Labute approximate surface area is 357 Å². The molecule has 0 radical (unpaired) electrons. The third kappa shape index (κ3) is 6.23. The summed E-state index contributed by atoms with van der Waals surface area (Å²) in [6.07, 6.45) is 0. The average molecular weight is 793 g/mol. The van der Waals surface area contributed by atoms with E-state index in [4.69, 9.17) is 19.4 Å². The molecule has 3 aromatic heterocycles. The highest BCUT2D eigenvalue weighted by molar-refractivity contribution is 6.12. The van der Waals surface area contributed by atoms with Crippen molar-refractivity contribution in [1.82, 2.24) is 19.5 Å². The van der Waals surface area contributed by atoms with E-state index in [1.807, 2.05) is 36.4 Å². The molecule has 0 amide bonds. The van der Waals surface area contributed by atoms with Crippen LogP contribution in [0, 0.1) is 0 Å². The molecule has 62 heavy (non-hydrogen) atoms. The van der Waals surface area contributed by atoms with Crippen LogP contribution in [-0.2, 0) is 0 Å². The predicted molar refractivity (Wildman–Crippen MR) is 254 cm³/mol. The molecule has 0 aliphatic heterocycles. The molecule has 0 spiro atoms. The van der Waals surface area contributed by atoms with E-state index >= 15 is 0 Å². The first-order valence-electron chi connectivity index (χ1n) is 20.8. The van der Waals surface area contributed by atoms with E-state index in [0.717, 1.165) is 66.5 Å². The minimum Gasteiger partial charge on any atom is -0.456 e. The van der Waals surface area contributed by atoms with Crippen molar-refractivity contribution < 1.29 is 4.42 Å². The summed E-state index contributed by atoms with van der Waals surface area (Å²) in [5.41, 5.74) is 14.7. The van der Waals surface area contributed by atoms with Crippen LogP contribution in [0.25, 0.3) is 117 Å². The Morgan fingerprint density at radius 2 is 0.726 bits per heavy atom. The van der Waals surface area contributed by atoms with Crippen LogP contribution in [-0.4, -0.2) is 19.5 Å². The maximum absolute atomic E-state index is 6.61. The molecule has 0 bridgehead atoms. The molecule has 0 saturated carbocycles. The molecule has 12 rings (SSSR count). The molecule has 0 aliphatic carbocycles. The van der Waals surface area contributed by atoms with Crippen LogP contribution in [0.15, 0.2) is 223 Å². The smallest absolute Gasteiger partial charge is 0.164 e. The summed E-state index contributed by atoms with van der Waals surface area (Å²) >= 11 is 0. The molecule has 0 saturated heterocycles. The minimum atomic E-state index is 0.581. The summed E-state index contributed by atoms with van der Waals surface area (Å²) < 4.78 is 8.99. The third-order valence-electron chi connectivity index (χ3n) is 11.8.